The molecular weight excluding hydrogens is 691 g/mol. The zero-order chi connectivity index (χ0) is 38.9. The van der Waals surface area contributed by atoms with E-state index in [1.165, 1.54) is 148 Å². The summed E-state index contributed by atoms with van der Waals surface area (Å²) >= 11 is 0. The van der Waals surface area contributed by atoms with Crippen LogP contribution in [-0.4, -0.2) is 66.3 Å². The third-order valence-corrected chi connectivity index (χ3v) is 10.7. The Morgan fingerprint density at radius 2 is 0.962 bits per heavy atom. The summed E-state index contributed by atoms with van der Waals surface area (Å²) in [6.45, 7) is 3.52. The third kappa shape index (κ3) is 40.7. The van der Waals surface area contributed by atoms with Crippen LogP contribution < -0.4 is 0 Å². The molecule has 53 heavy (non-hydrogen) atoms. The molecule has 0 spiro atoms. The first-order chi connectivity index (χ1) is 25.8. The summed E-state index contributed by atoms with van der Waals surface area (Å²) in [7, 11) is -4.51. The first kappa shape index (κ1) is 52.2. The number of phosphoric ester groups is 1. The Bertz CT molecular complexity index is 841. The van der Waals surface area contributed by atoms with Crippen LogP contribution in [0.1, 0.15) is 213 Å². The lowest BCUT2D eigenvalue weighted by Crippen LogP contribution is -2.29. The molecule has 3 unspecified atom stereocenters. The van der Waals surface area contributed by atoms with Crippen LogP contribution in [0.2, 0.25) is 0 Å². The summed E-state index contributed by atoms with van der Waals surface area (Å²) in [6, 6.07) is 0. The highest BCUT2D eigenvalue weighted by molar-refractivity contribution is 7.47. The van der Waals surface area contributed by atoms with Gasteiger partial charge in [0.1, 0.15) is 12.2 Å². The Labute approximate surface area is 326 Å². The summed E-state index contributed by atoms with van der Waals surface area (Å²) in [5, 5.41) is 18.3. The van der Waals surface area contributed by atoms with Crippen molar-refractivity contribution >= 4 is 13.8 Å². The molecule has 3 N–H and O–H groups in total. The van der Waals surface area contributed by atoms with Crippen molar-refractivity contribution in [1.82, 2.24) is 0 Å². The van der Waals surface area contributed by atoms with Crippen molar-refractivity contribution in [2.45, 2.75) is 225 Å². The zero-order valence-corrected chi connectivity index (χ0v) is 35.4. The summed E-state index contributed by atoms with van der Waals surface area (Å²) in [5.41, 5.74) is 0. The maximum absolute atomic E-state index is 12.6. The molecule has 0 saturated heterocycles. The van der Waals surface area contributed by atoms with Crippen molar-refractivity contribution in [2.75, 3.05) is 33.0 Å². The van der Waals surface area contributed by atoms with Crippen LogP contribution in [0.3, 0.4) is 0 Å². The number of hydrogen-bond acceptors (Lipinski definition) is 8. The molecule has 0 aliphatic rings. The molecule has 316 valence electrons. The van der Waals surface area contributed by atoms with Crippen molar-refractivity contribution in [3.8, 4) is 0 Å². The standard InChI is InChI=1S/C43H85O9P/c1-3-5-7-9-11-13-15-17-18-19-20-21-22-23-25-27-29-31-33-35-43(46)52-42(40-51-53(47,48)50-38-41(45)37-44)39-49-36-34-32-30-28-26-24-16-14-12-10-8-6-4-2/h12,14,41-42,44-45H,3-11,13,15-40H2,1-2H3,(H,47,48)/b14-12-. The Hall–Kier alpha value is -0.800. The highest BCUT2D eigenvalue weighted by Crippen LogP contribution is 2.43. The maximum atomic E-state index is 12.6. The number of rotatable bonds is 43. The molecule has 0 aromatic heterocycles. The second-order valence-corrected chi connectivity index (χ2v) is 16.5. The summed E-state index contributed by atoms with van der Waals surface area (Å²) in [6.07, 6.45) is 40.2. The van der Waals surface area contributed by atoms with Gasteiger partial charge in [0.2, 0.25) is 0 Å². The quantitative estimate of drug-likeness (QED) is 0.0240. The van der Waals surface area contributed by atoms with Gasteiger partial charge in [-0.2, -0.15) is 0 Å². The minimum atomic E-state index is -4.51. The van der Waals surface area contributed by atoms with Gasteiger partial charge in [0.15, 0.2) is 0 Å². The molecular formula is C43H85O9P. The van der Waals surface area contributed by atoms with Gasteiger partial charge in [0, 0.05) is 13.0 Å². The van der Waals surface area contributed by atoms with E-state index in [1.54, 1.807) is 0 Å². The average molecular weight is 777 g/mol. The van der Waals surface area contributed by atoms with Gasteiger partial charge < -0.3 is 24.6 Å². The number of unbranched alkanes of at least 4 members (excludes halogenated alkanes) is 27. The van der Waals surface area contributed by atoms with E-state index >= 15 is 0 Å². The van der Waals surface area contributed by atoms with Crippen LogP contribution >= 0.6 is 7.82 Å². The Morgan fingerprint density at radius 3 is 1.45 bits per heavy atom. The fourth-order valence-corrected chi connectivity index (χ4v) is 7.08. The number of esters is 1. The van der Waals surface area contributed by atoms with Crippen molar-refractivity contribution in [2.24, 2.45) is 0 Å². The van der Waals surface area contributed by atoms with E-state index in [1.807, 2.05) is 0 Å². The van der Waals surface area contributed by atoms with Gasteiger partial charge in [-0.3, -0.25) is 13.8 Å². The Morgan fingerprint density at radius 1 is 0.566 bits per heavy atom. The molecule has 0 saturated carbocycles. The minimum absolute atomic E-state index is 0.0504. The second-order valence-electron chi connectivity index (χ2n) is 15.1. The smallest absolute Gasteiger partial charge is 0.457 e. The number of hydrogen-bond donors (Lipinski definition) is 3. The molecule has 0 aromatic carbocycles. The molecule has 0 aliphatic heterocycles. The van der Waals surface area contributed by atoms with Gasteiger partial charge in [-0.05, 0) is 38.5 Å². The molecule has 3 atom stereocenters. The van der Waals surface area contributed by atoms with Gasteiger partial charge in [0.05, 0.1) is 26.4 Å². The SMILES string of the molecule is CCCCC/C=C\CCCCCCCCOCC(COP(=O)(O)OCC(O)CO)OC(=O)CCCCCCCCCCCCCCCCCCCCC. The van der Waals surface area contributed by atoms with Crippen molar-refractivity contribution in [3.05, 3.63) is 12.2 Å². The second kappa shape index (κ2) is 40.9. The van der Waals surface area contributed by atoms with E-state index in [0.29, 0.717) is 6.61 Å². The Kier molecular flexibility index (Phi) is 40.2. The number of carbonyl (C=O) groups is 1. The van der Waals surface area contributed by atoms with Gasteiger partial charge >= 0.3 is 13.8 Å². The normalized spacial score (nSPS) is 14.1. The molecule has 0 amide bonds. The van der Waals surface area contributed by atoms with Gasteiger partial charge in [-0.1, -0.05) is 180 Å². The first-order valence-corrected chi connectivity index (χ1v) is 23.7. The summed E-state index contributed by atoms with van der Waals surface area (Å²) in [4.78, 5) is 22.6. The number of carbonyl (C=O) groups excluding carboxylic acids is 1. The van der Waals surface area contributed by atoms with E-state index < -0.39 is 33.2 Å². The number of aliphatic hydroxyl groups is 2. The fraction of sp³-hybridized carbons (Fsp3) is 0.930. The van der Waals surface area contributed by atoms with Crippen LogP contribution in [0, 0.1) is 0 Å². The number of ether oxygens (including phenoxy) is 2. The number of aliphatic hydroxyl groups excluding tert-OH is 2. The van der Waals surface area contributed by atoms with Crippen molar-refractivity contribution < 1.29 is 43.0 Å². The third-order valence-electron chi connectivity index (χ3n) is 9.70. The number of phosphoric acid groups is 1. The first-order valence-electron chi connectivity index (χ1n) is 22.2. The summed E-state index contributed by atoms with van der Waals surface area (Å²) in [5.74, 6) is -0.380. The lowest BCUT2D eigenvalue weighted by atomic mass is 10.0. The molecule has 0 aliphatic carbocycles. The molecule has 0 fully saturated rings. The van der Waals surface area contributed by atoms with E-state index in [2.05, 4.69) is 26.0 Å². The van der Waals surface area contributed by atoms with Gasteiger partial charge in [-0.25, -0.2) is 4.57 Å². The van der Waals surface area contributed by atoms with Gasteiger partial charge in [-0.15, -0.1) is 0 Å². The highest BCUT2D eigenvalue weighted by atomic mass is 31.2. The van der Waals surface area contributed by atoms with Crippen LogP contribution in [-0.2, 0) is 27.9 Å². The van der Waals surface area contributed by atoms with Gasteiger partial charge in [0.25, 0.3) is 0 Å². The monoisotopic (exact) mass is 777 g/mol. The largest absolute Gasteiger partial charge is 0.472 e. The molecule has 0 aromatic rings. The van der Waals surface area contributed by atoms with Crippen LogP contribution in [0.5, 0.6) is 0 Å². The van der Waals surface area contributed by atoms with E-state index in [4.69, 9.17) is 23.6 Å². The molecule has 0 rings (SSSR count). The fourth-order valence-electron chi connectivity index (χ4n) is 6.29. The Balaban J connectivity index is 4.10. The predicted molar refractivity (Wildman–Crippen MR) is 219 cm³/mol. The topological polar surface area (TPSA) is 132 Å². The molecule has 10 heteroatoms. The zero-order valence-electron chi connectivity index (χ0n) is 34.5. The minimum Gasteiger partial charge on any atom is -0.457 e. The van der Waals surface area contributed by atoms with Crippen molar-refractivity contribution in [1.29, 1.82) is 0 Å². The van der Waals surface area contributed by atoms with Crippen LogP contribution in [0.4, 0.5) is 0 Å². The summed E-state index contributed by atoms with van der Waals surface area (Å²) < 4.78 is 33.4. The van der Waals surface area contributed by atoms with E-state index in [9.17, 15) is 19.4 Å². The van der Waals surface area contributed by atoms with Crippen molar-refractivity contribution in [3.63, 3.8) is 0 Å². The van der Waals surface area contributed by atoms with Crippen LogP contribution in [0.25, 0.3) is 0 Å². The molecule has 0 heterocycles. The molecule has 9 nitrogen and oxygen atoms in total. The molecule has 0 bridgehead atoms. The predicted octanol–water partition coefficient (Wildman–Crippen LogP) is 12.1. The molecule has 0 radical (unpaired) electrons. The van der Waals surface area contributed by atoms with E-state index in [-0.39, 0.29) is 25.6 Å². The lowest BCUT2D eigenvalue weighted by Gasteiger charge is -2.20. The number of allylic oxidation sites excluding steroid dienone is 2. The highest BCUT2D eigenvalue weighted by Gasteiger charge is 2.26. The lowest BCUT2D eigenvalue weighted by molar-refractivity contribution is -0.154. The van der Waals surface area contributed by atoms with E-state index in [0.717, 1.165) is 44.9 Å². The van der Waals surface area contributed by atoms with Crippen LogP contribution in [0.15, 0.2) is 12.2 Å². The maximum Gasteiger partial charge on any atom is 0.472 e. The average Bonchev–Trinajstić information content (AvgIpc) is 3.15.